The van der Waals surface area contributed by atoms with Crippen molar-refractivity contribution >= 4 is 21.2 Å². The lowest BCUT2D eigenvalue weighted by atomic mass is 10.2. The Balaban J connectivity index is 2.03. The lowest BCUT2D eigenvalue weighted by Crippen LogP contribution is -2.32. The van der Waals surface area contributed by atoms with Gasteiger partial charge in [-0.15, -0.1) is 11.3 Å². The minimum absolute atomic E-state index is 0.0943. The summed E-state index contributed by atoms with van der Waals surface area (Å²) in [5.74, 6) is 0.590. The number of hydrogen-bond donors (Lipinski definition) is 1. The van der Waals surface area contributed by atoms with Gasteiger partial charge in [-0.25, -0.2) is 13.4 Å². The number of nitrogens with zero attached hydrogens (tertiary/aromatic N) is 1. The van der Waals surface area contributed by atoms with Gasteiger partial charge in [-0.05, 0) is 27.2 Å². The van der Waals surface area contributed by atoms with Crippen molar-refractivity contribution in [3.63, 3.8) is 0 Å². The first-order valence-corrected chi connectivity index (χ1v) is 8.41. The molecule has 0 aliphatic carbocycles. The van der Waals surface area contributed by atoms with Gasteiger partial charge in [0.2, 0.25) is 0 Å². The Labute approximate surface area is 106 Å². The van der Waals surface area contributed by atoms with Gasteiger partial charge in [-0.2, -0.15) is 0 Å². The summed E-state index contributed by atoms with van der Waals surface area (Å²) < 4.78 is 22.8. The van der Waals surface area contributed by atoms with Crippen LogP contribution in [0.15, 0.2) is 0 Å². The molecule has 0 amide bonds. The maximum Gasteiger partial charge on any atom is 0.151 e. The van der Waals surface area contributed by atoms with Crippen LogP contribution in [0.1, 0.15) is 35.0 Å². The predicted molar refractivity (Wildman–Crippen MR) is 70.2 cm³/mol. The highest BCUT2D eigenvalue weighted by molar-refractivity contribution is 7.91. The molecule has 0 spiro atoms. The summed E-state index contributed by atoms with van der Waals surface area (Å²) in [7, 11) is -2.80. The van der Waals surface area contributed by atoms with E-state index in [2.05, 4.69) is 17.2 Å². The zero-order valence-electron chi connectivity index (χ0n) is 10.4. The second-order valence-corrected chi connectivity index (χ2v) is 8.13. The molecule has 96 valence electrons. The molecule has 0 saturated carbocycles. The summed E-state index contributed by atoms with van der Waals surface area (Å²) in [6, 6.07) is 0.274. The molecule has 1 fully saturated rings. The Morgan fingerprint density at radius 1 is 1.47 bits per heavy atom. The first-order valence-electron chi connectivity index (χ1n) is 5.78. The van der Waals surface area contributed by atoms with Gasteiger partial charge < -0.3 is 5.32 Å². The van der Waals surface area contributed by atoms with Crippen molar-refractivity contribution in [2.75, 3.05) is 11.5 Å². The molecular formula is C11H18N2O2S2. The van der Waals surface area contributed by atoms with Crippen molar-refractivity contribution in [2.24, 2.45) is 0 Å². The largest absolute Gasteiger partial charge is 0.306 e. The van der Waals surface area contributed by atoms with Crippen LogP contribution in [0.3, 0.4) is 0 Å². The Morgan fingerprint density at radius 3 is 2.65 bits per heavy atom. The average Bonchev–Trinajstić information content (AvgIpc) is 2.69. The minimum atomic E-state index is -2.80. The Hall–Kier alpha value is -0.460. The predicted octanol–water partition coefficient (Wildman–Crippen LogP) is 1.60. The molecule has 1 aliphatic rings. The van der Waals surface area contributed by atoms with Crippen molar-refractivity contribution in [3.8, 4) is 0 Å². The van der Waals surface area contributed by atoms with Gasteiger partial charge in [0.1, 0.15) is 0 Å². The van der Waals surface area contributed by atoms with Crippen LogP contribution in [0.2, 0.25) is 0 Å². The van der Waals surface area contributed by atoms with Crippen LogP contribution >= 0.6 is 11.3 Å². The van der Waals surface area contributed by atoms with E-state index in [0.717, 1.165) is 17.1 Å². The maximum absolute atomic E-state index is 11.4. The molecule has 2 rings (SSSR count). The third kappa shape index (κ3) is 3.05. The van der Waals surface area contributed by atoms with Gasteiger partial charge in [0.15, 0.2) is 9.84 Å². The van der Waals surface area contributed by atoms with E-state index < -0.39 is 9.84 Å². The zero-order valence-corrected chi connectivity index (χ0v) is 12.0. The van der Waals surface area contributed by atoms with E-state index >= 15 is 0 Å². The second-order valence-electron chi connectivity index (χ2n) is 4.67. The second kappa shape index (κ2) is 4.66. The van der Waals surface area contributed by atoms with E-state index in [-0.39, 0.29) is 17.8 Å². The fourth-order valence-corrected chi connectivity index (χ4v) is 4.93. The van der Waals surface area contributed by atoms with Crippen LogP contribution in [0.4, 0.5) is 0 Å². The molecule has 1 N–H and O–H groups in total. The third-order valence-corrected chi connectivity index (χ3v) is 6.07. The van der Waals surface area contributed by atoms with Crippen molar-refractivity contribution in [1.29, 1.82) is 0 Å². The van der Waals surface area contributed by atoms with Gasteiger partial charge in [0, 0.05) is 17.0 Å². The molecule has 4 nitrogen and oxygen atoms in total. The van der Waals surface area contributed by atoms with Crippen LogP contribution in [-0.2, 0) is 9.84 Å². The Bertz CT molecular complexity index is 508. The highest BCUT2D eigenvalue weighted by Gasteiger charge is 2.29. The summed E-state index contributed by atoms with van der Waals surface area (Å²) in [6.45, 7) is 6.07. The number of sulfone groups is 1. The zero-order chi connectivity index (χ0) is 12.6. The van der Waals surface area contributed by atoms with Gasteiger partial charge in [0.05, 0.1) is 22.2 Å². The third-order valence-electron chi connectivity index (χ3n) is 3.05. The number of hydrogen-bond acceptors (Lipinski definition) is 5. The van der Waals surface area contributed by atoms with Crippen LogP contribution in [0, 0.1) is 13.8 Å². The first kappa shape index (κ1) is 13.0. The average molecular weight is 274 g/mol. The lowest BCUT2D eigenvalue weighted by Gasteiger charge is -2.17. The van der Waals surface area contributed by atoms with E-state index in [0.29, 0.717) is 5.75 Å². The number of aromatic nitrogens is 1. The van der Waals surface area contributed by atoms with Gasteiger partial charge in [0.25, 0.3) is 0 Å². The molecule has 6 heteroatoms. The van der Waals surface area contributed by atoms with Crippen molar-refractivity contribution in [2.45, 2.75) is 39.3 Å². The highest BCUT2D eigenvalue weighted by atomic mass is 32.2. The highest BCUT2D eigenvalue weighted by Crippen LogP contribution is 2.26. The quantitative estimate of drug-likeness (QED) is 0.909. The first-order chi connectivity index (χ1) is 7.87. The molecule has 1 aromatic heterocycles. The van der Waals surface area contributed by atoms with E-state index in [1.165, 1.54) is 4.88 Å². The molecule has 1 aliphatic heterocycles. The smallest absolute Gasteiger partial charge is 0.151 e. The van der Waals surface area contributed by atoms with E-state index in [1.54, 1.807) is 11.3 Å². The molecule has 0 bridgehead atoms. The molecule has 2 heterocycles. The minimum Gasteiger partial charge on any atom is -0.306 e. The number of nitrogens with one attached hydrogen (secondary N) is 1. The van der Waals surface area contributed by atoms with E-state index in [1.807, 2.05) is 13.8 Å². The molecule has 17 heavy (non-hydrogen) atoms. The number of aryl methyl sites for hydroxylation is 2. The normalized spacial score (nSPS) is 25.0. The molecule has 2 atom stereocenters. The monoisotopic (exact) mass is 274 g/mol. The van der Waals surface area contributed by atoms with Crippen LogP contribution < -0.4 is 5.32 Å². The van der Waals surface area contributed by atoms with Crippen molar-refractivity contribution in [3.05, 3.63) is 15.6 Å². The molecule has 2 unspecified atom stereocenters. The fraction of sp³-hybridized carbons (Fsp3) is 0.727. The van der Waals surface area contributed by atoms with Crippen molar-refractivity contribution in [1.82, 2.24) is 10.3 Å². The maximum atomic E-state index is 11.4. The van der Waals surface area contributed by atoms with Crippen LogP contribution in [-0.4, -0.2) is 30.9 Å². The Morgan fingerprint density at radius 2 is 2.18 bits per heavy atom. The topological polar surface area (TPSA) is 59.1 Å². The molecule has 0 aromatic carbocycles. The van der Waals surface area contributed by atoms with Gasteiger partial charge in [-0.1, -0.05) is 0 Å². The van der Waals surface area contributed by atoms with Gasteiger partial charge in [-0.3, -0.25) is 0 Å². The summed E-state index contributed by atoms with van der Waals surface area (Å²) in [5, 5.41) is 4.46. The van der Waals surface area contributed by atoms with Gasteiger partial charge >= 0.3 is 0 Å². The van der Waals surface area contributed by atoms with Crippen LogP contribution in [0.25, 0.3) is 0 Å². The SMILES string of the molecule is Cc1nc(C)c(C(C)NC2CCS(=O)(=O)C2)s1. The summed E-state index contributed by atoms with van der Waals surface area (Å²) >= 11 is 1.68. The molecular weight excluding hydrogens is 256 g/mol. The lowest BCUT2D eigenvalue weighted by molar-refractivity contribution is 0.488. The number of rotatable bonds is 3. The fourth-order valence-electron chi connectivity index (χ4n) is 2.30. The molecule has 1 aromatic rings. The van der Waals surface area contributed by atoms with E-state index in [4.69, 9.17) is 0 Å². The number of thiazole rings is 1. The summed E-state index contributed by atoms with van der Waals surface area (Å²) in [4.78, 5) is 5.61. The molecule has 0 radical (unpaired) electrons. The standard InChI is InChI=1S/C11H18N2O2S2/c1-7-11(16-9(3)12-7)8(2)13-10-4-5-17(14,15)6-10/h8,10,13H,4-6H2,1-3H3. The summed E-state index contributed by atoms with van der Waals surface area (Å²) in [6.07, 6.45) is 0.726. The van der Waals surface area contributed by atoms with Crippen LogP contribution in [0.5, 0.6) is 0 Å². The van der Waals surface area contributed by atoms with E-state index in [9.17, 15) is 8.42 Å². The Kier molecular flexibility index (Phi) is 3.56. The molecule has 1 saturated heterocycles. The van der Waals surface area contributed by atoms with Crippen molar-refractivity contribution < 1.29 is 8.42 Å². The summed E-state index contributed by atoms with van der Waals surface area (Å²) in [5.41, 5.74) is 1.05.